The van der Waals surface area contributed by atoms with Crippen molar-refractivity contribution in [2.24, 2.45) is 5.73 Å². The molecule has 96 valence electrons. The van der Waals surface area contributed by atoms with E-state index < -0.39 is 0 Å². The van der Waals surface area contributed by atoms with Crippen molar-refractivity contribution in [1.82, 2.24) is 0 Å². The minimum atomic E-state index is 0.612. The molecule has 0 bridgehead atoms. The zero-order valence-electron chi connectivity index (χ0n) is 10.4. The summed E-state index contributed by atoms with van der Waals surface area (Å²) in [4.78, 5) is 2.09. The molecule has 18 heavy (non-hydrogen) atoms. The van der Waals surface area contributed by atoms with Gasteiger partial charge in [0.1, 0.15) is 5.76 Å². The van der Waals surface area contributed by atoms with E-state index in [2.05, 4.69) is 11.0 Å². The van der Waals surface area contributed by atoms with Crippen LogP contribution in [-0.2, 0) is 13.0 Å². The maximum atomic E-state index is 6.23. The number of furan rings is 1. The Bertz CT molecular complexity index is 497. The lowest BCUT2D eigenvalue weighted by atomic mass is 10.1. The number of nitrogens with two attached hydrogens (primary N) is 1. The summed E-state index contributed by atoms with van der Waals surface area (Å²) in [6.45, 7) is 1.33. The Balaban J connectivity index is 2.11. The first-order valence-corrected chi connectivity index (χ1v) is 6.30. The van der Waals surface area contributed by atoms with Crippen LogP contribution in [0, 0.1) is 0 Å². The number of hydrogen-bond acceptors (Lipinski definition) is 3. The van der Waals surface area contributed by atoms with Gasteiger partial charge >= 0.3 is 0 Å². The average molecular weight is 265 g/mol. The van der Waals surface area contributed by atoms with Crippen LogP contribution < -0.4 is 10.6 Å². The SMILES string of the molecule is CN(Cc1ccco1)c1ccc(CCN)c(Cl)c1. The number of anilines is 1. The summed E-state index contributed by atoms with van der Waals surface area (Å²) >= 11 is 6.23. The van der Waals surface area contributed by atoms with Crippen LogP contribution in [0.5, 0.6) is 0 Å². The summed E-state index contributed by atoms with van der Waals surface area (Å²) in [5.74, 6) is 0.930. The molecule has 0 atom stereocenters. The lowest BCUT2D eigenvalue weighted by molar-refractivity contribution is 0.507. The van der Waals surface area contributed by atoms with E-state index in [0.717, 1.165) is 35.0 Å². The molecule has 2 rings (SSSR count). The third-order valence-electron chi connectivity index (χ3n) is 2.86. The van der Waals surface area contributed by atoms with Gasteiger partial charge in [0, 0.05) is 17.8 Å². The Morgan fingerprint density at radius 3 is 2.78 bits per heavy atom. The molecule has 3 nitrogen and oxygen atoms in total. The largest absolute Gasteiger partial charge is 0.467 e. The van der Waals surface area contributed by atoms with Crippen molar-refractivity contribution in [1.29, 1.82) is 0 Å². The van der Waals surface area contributed by atoms with E-state index >= 15 is 0 Å². The molecule has 1 heterocycles. The molecule has 0 saturated carbocycles. The lowest BCUT2D eigenvalue weighted by Crippen LogP contribution is -2.16. The second-order valence-electron chi connectivity index (χ2n) is 4.25. The Kier molecular flexibility index (Phi) is 4.28. The Hall–Kier alpha value is -1.45. The van der Waals surface area contributed by atoms with Crippen molar-refractivity contribution in [3.63, 3.8) is 0 Å². The molecule has 1 aromatic heterocycles. The van der Waals surface area contributed by atoms with Crippen molar-refractivity contribution in [3.8, 4) is 0 Å². The average Bonchev–Trinajstić information content (AvgIpc) is 2.84. The van der Waals surface area contributed by atoms with Gasteiger partial charge in [-0.05, 0) is 42.8 Å². The van der Waals surface area contributed by atoms with Gasteiger partial charge < -0.3 is 15.1 Å². The molecule has 4 heteroatoms. The topological polar surface area (TPSA) is 42.4 Å². The summed E-state index contributed by atoms with van der Waals surface area (Å²) < 4.78 is 5.33. The first kappa shape index (κ1) is 13.0. The smallest absolute Gasteiger partial charge is 0.123 e. The van der Waals surface area contributed by atoms with Crippen molar-refractivity contribution < 1.29 is 4.42 Å². The fourth-order valence-electron chi connectivity index (χ4n) is 1.86. The van der Waals surface area contributed by atoms with Crippen molar-refractivity contribution in [2.75, 3.05) is 18.5 Å². The molecule has 0 radical (unpaired) electrons. The van der Waals surface area contributed by atoms with Crippen molar-refractivity contribution in [3.05, 3.63) is 52.9 Å². The molecule has 0 fully saturated rings. The summed E-state index contributed by atoms with van der Waals surface area (Å²) in [7, 11) is 2.01. The number of nitrogens with zero attached hydrogens (tertiary/aromatic N) is 1. The normalized spacial score (nSPS) is 10.6. The van der Waals surface area contributed by atoms with Crippen LogP contribution in [0.1, 0.15) is 11.3 Å². The van der Waals surface area contributed by atoms with Gasteiger partial charge in [-0.1, -0.05) is 17.7 Å². The van der Waals surface area contributed by atoms with Gasteiger partial charge in [-0.2, -0.15) is 0 Å². The van der Waals surface area contributed by atoms with Crippen LogP contribution in [0.3, 0.4) is 0 Å². The maximum Gasteiger partial charge on any atom is 0.123 e. The van der Waals surface area contributed by atoms with Crippen molar-refractivity contribution >= 4 is 17.3 Å². The van der Waals surface area contributed by atoms with Gasteiger partial charge in [-0.15, -0.1) is 0 Å². The van der Waals surface area contributed by atoms with E-state index in [1.807, 2.05) is 31.3 Å². The quantitative estimate of drug-likeness (QED) is 0.903. The zero-order valence-corrected chi connectivity index (χ0v) is 11.2. The van der Waals surface area contributed by atoms with Crippen molar-refractivity contribution in [2.45, 2.75) is 13.0 Å². The summed E-state index contributed by atoms with van der Waals surface area (Å²) in [5.41, 5.74) is 7.69. The minimum absolute atomic E-state index is 0.612. The number of rotatable bonds is 5. The lowest BCUT2D eigenvalue weighted by Gasteiger charge is -2.19. The highest BCUT2D eigenvalue weighted by atomic mass is 35.5. The van der Waals surface area contributed by atoms with Gasteiger partial charge in [0.05, 0.1) is 12.8 Å². The molecule has 2 N–H and O–H groups in total. The molecule has 0 aliphatic carbocycles. The Morgan fingerprint density at radius 2 is 2.17 bits per heavy atom. The van der Waals surface area contributed by atoms with Crippen LogP contribution in [0.2, 0.25) is 5.02 Å². The Morgan fingerprint density at radius 1 is 1.33 bits per heavy atom. The fraction of sp³-hybridized carbons (Fsp3) is 0.286. The fourth-order valence-corrected chi connectivity index (χ4v) is 2.13. The van der Waals surface area contributed by atoms with Gasteiger partial charge in [-0.25, -0.2) is 0 Å². The predicted octanol–water partition coefficient (Wildman–Crippen LogP) is 3.07. The van der Waals surface area contributed by atoms with E-state index in [0.29, 0.717) is 6.54 Å². The highest BCUT2D eigenvalue weighted by Crippen LogP contribution is 2.24. The number of benzene rings is 1. The predicted molar refractivity (Wildman–Crippen MR) is 75.0 cm³/mol. The van der Waals surface area contributed by atoms with E-state index in [9.17, 15) is 0 Å². The van der Waals surface area contributed by atoms with Crippen LogP contribution in [0.25, 0.3) is 0 Å². The van der Waals surface area contributed by atoms with Crippen LogP contribution in [-0.4, -0.2) is 13.6 Å². The molecule has 0 saturated heterocycles. The highest BCUT2D eigenvalue weighted by molar-refractivity contribution is 6.31. The molecular formula is C14H17ClN2O. The molecule has 0 unspecified atom stereocenters. The van der Waals surface area contributed by atoms with Crippen LogP contribution in [0.15, 0.2) is 41.0 Å². The summed E-state index contributed by atoms with van der Waals surface area (Å²) in [5, 5.41) is 0.768. The van der Waals surface area contributed by atoms with E-state index in [1.54, 1.807) is 6.26 Å². The van der Waals surface area contributed by atoms with Crippen LogP contribution >= 0.6 is 11.6 Å². The standard InChI is InChI=1S/C14H17ClN2O/c1-17(10-13-3-2-8-18-13)12-5-4-11(6-7-16)14(15)9-12/h2-5,8-9H,6-7,10,16H2,1H3. The summed E-state index contributed by atoms with van der Waals surface area (Å²) in [6, 6.07) is 9.90. The first-order valence-electron chi connectivity index (χ1n) is 5.92. The molecule has 0 aliphatic heterocycles. The maximum absolute atomic E-state index is 6.23. The second-order valence-corrected chi connectivity index (χ2v) is 4.66. The molecule has 0 aliphatic rings. The van der Waals surface area contributed by atoms with E-state index in [1.165, 1.54) is 0 Å². The zero-order chi connectivity index (χ0) is 13.0. The first-order chi connectivity index (χ1) is 8.70. The molecular weight excluding hydrogens is 248 g/mol. The van der Waals surface area contributed by atoms with E-state index in [-0.39, 0.29) is 0 Å². The highest BCUT2D eigenvalue weighted by Gasteiger charge is 2.07. The minimum Gasteiger partial charge on any atom is -0.467 e. The van der Waals surface area contributed by atoms with E-state index in [4.69, 9.17) is 21.8 Å². The molecule has 1 aromatic carbocycles. The summed E-state index contributed by atoms with van der Waals surface area (Å²) in [6.07, 6.45) is 2.49. The molecule has 0 spiro atoms. The van der Waals surface area contributed by atoms with Crippen LogP contribution in [0.4, 0.5) is 5.69 Å². The number of halogens is 1. The molecule has 0 amide bonds. The van der Waals surface area contributed by atoms with Gasteiger partial charge in [-0.3, -0.25) is 0 Å². The molecule has 2 aromatic rings. The Labute approximate surface area is 112 Å². The number of hydrogen-bond donors (Lipinski definition) is 1. The monoisotopic (exact) mass is 264 g/mol. The third-order valence-corrected chi connectivity index (χ3v) is 3.22. The van der Waals surface area contributed by atoms with Gasteiger partial charge in [0.25, 0.3) is 0 Å². The second kappa shape index (κ2) is 5.94. The van der Waals surface area contributed by atoms with Gasteiger partial charge in [0.2, 0.25) is 0 Å². The van der Waals surface area contributed by atoms with Gasteiger partial charge in [0.15, 0.2) is 0 Å². The third kappa shape index (κ3) is 3.06.